The molecule has 0 spiro atoms. The first-order chi connectivity index (χ1) is 10.6. The van der Waals surface area contributed by atoms with Gasteiger partial charge >= 0.3 is 0 Å². The van der Waals surface area contributed by atoms with Crippen molar-refractivity contribution in [3.8, 4) is 6.07 Å². The Labute approximate surface area is 128 Å². The van der Waals surface area contributed by atoms with E-state index in [1.807, 2.05) is 17.9 Å². The lowest BCUT2D eigenvalue weighted by atomic mass is 9.92. The Morgan fingerprint density at radius 2 is 2.32 bits per heavy atom. The van der Waals surface area contributed by atoms with E-state index in [4.69, 9.17) is 0 Å². The predicted octanol–water partition coefficient (Wildman–Crippen LogP) is 0.885. The van der Waals surface area contributed by atoms with Gasteiger partial charge in [-0.05, 0) is 31.4 Å². The standard InChI is InChI=1S/C15H18N6O/c1-12-3-5-17-14(13(12)9-16)20-7-2-4-15(22,10-20)11-21-8-6-18-19-21/h3,5-6,8,22H,2,4,7,10-11H2,1H3. The molecule has 0 aromatic carbocycles. The van der Waals surface area contributed by atoms with Crippen molar-refractivity contribution in [3.05, 3.63) is 35.8 Å². The number of β-amino-alcohol motifs (C(OH)–C–C–N with tert-alkyl or cyclic N) is 1. The Balaban J connectivity index is 1.84. The van der Waals surface area contributed by atoms with Gasteiger partial charge in [-0.25, -0.2) is 9.67 Å². The molecule has 1 N–H and O–H groups in total. The third-order valence-corrected chi connectivity index (χ3v) is 4.03. The molecule has 0 saturated carbocycles. The van der Waals surface area contributed by atoms with Crippen molar-refractivity contribution >= 4 is 5.82 Å². The lowest BCUT2D eigenvalue weighted by molar-refractivity contribution is 0.00584. The Kier molecular flexibility index (Phi) is 3.77. The maximum atomic E-state index is 10.9. The van der Waals surface area contributed by atoms with E-state index in [0.29, 0.717) is 30.9 Å². The molecule has 1 saturated heterocycles. The van der Waals surface area contributed by atoms with Crippen LogP contribution >= 0.6 is 0 Å². The molecule has 2 aromatic heterocycles. The van der Waals surface area contributed by atoms with Crippen LogP contribution < -0.4 is 4.90 Å². The van der Waals surface area contributed by atoms with E-state index >= 15 is 0 Å². The Morgan fingerprint density at radius 1 is 1.45 bits per heavy atom. The van der Waals surface area contributed by atoms with Crippen LogP contribution in [0, 0.1) is 18.3 Å². The molecule has 1 aliphatic rings. The molecule has 0 aliphatic carbocycles. The van der Waals surface area contributed by atoms with E-state index in [1.54, 1.807) is 23.3 Å². The molecular weight excluding hydrogens is 280 g/mol. The number of nitriles is 1. The zero-order chi connectivity index (χ0) is 15.6. The van der Waals surface area contributed by atoms with Gasteiger partial charge in [0.2, 0.25) is 0 Å². The van der Waals surface area contributed by atoms with Crippen molar-refractivity contribution in [1.82, 2.24) is 20.0 Å². The summed E-state index contributed by atoms with van der Waals surface area (Å²) in [7, 11) is 0. The molecule has 1 fully saturated rings. The molecule has 0 bridgehead atoms. The van der Waals surface area contributed by atoms with Gasteiger partial charge in [0.05, 0.1) is 18.3 Å². The van der Waals surface area contributed by atoms with Gasteiger partial charge in [-0.2, -0.15) is 5.26 Å². The first kappa shape index (κ1) is 14.5. The monoisotopic (exact) mass is 298 g/mol. The summed E-state index contributed by atoms with van der Waals surface area (Å²) in [5, 5.41) is 27.9. The van der Waals surface area contributed by atoms with Crippen molar-refractivity contribution in [2.24, 2.45) is 0 Å². The van der Waals surface area contributed by atoms with E-state index in [9.17, 15) is 10.4 Å². The predicted molar refractivity (Wildman–Crippen MR) is 80.1 cm³/mol. The highest BCUT2D eigenvalue weighted by Crippen LogP contribution is 2.28. The molecule has 114 valence electrons. The molecule has 0 amide bonds. The number of anilines is 1. The van der Waals surface area contributed by atoms with Gasteiger partial charge in [0.25, 0.3) is 0 Å². The van der Waals surface area contributed by atoms with Crippen LogP contribution in [0.15, 0.2) is 24.7 Å². The van der Waals surface area contributed by atoms with Crippen molar-refractivity contribution in [3.63, 3.8) is 0 Å². The third-order valence-electron chi connectivity index (χ3n) is 4.03. The quantitative estimate of drug-likeness (QED) is 0.904. The van der Waals surface area contributed by atoms with Crippen molar-refractivity contribution in [1.29, 1.82) is 5.26 Å². The van der Waals surface area contributed by atoms with E-state index in [2.05, 4.69) is 21.4 Å². The summed E-state index contributed by atoms with van der Waals surface area (Å²) < 4.78 is 1.64. The second-order valence-electron chi connectivity index (χ2n) is 5.79. The van der Waals surface area contributed by atoms with Crippen LogP contribution in [0.2, 0.25) is 0 Å². The summed E-state index contributed by atoms with van der Waals surface area (Å²) in [6.45, 7) is 3.50. The maximum absolute atomic E-state index is 10.9. The zero-order valence-electron chi connectivity index (χ0n) is 12.5. The number of pyridine rings is 1. The molecule has 1 atom stereocenters. The number of rotatable bonds is 3. The summed E-state index contributed by atoms with van der Waals surface area (Å²) >= 11 is 0. The van der Waals surface area contributed by atoms with Crippen molar-refractivity contribution in [2.75, 3.05) is 18.0 Å². The Morgan fingerprint density at radius 3 is 3.05 bits per heavy atom. The summed E-state index contributed by atoms with van der Waals surface area (Å²) in [4.78, 5) is 6.35. The Bertz CT molecular complexity index is 693. The molecule has 3 rings (SSSR count). The van der Waals surface area contributed by atoms with E-state index in [-0.39, 0.29) is 0 Å². The molecule has 1 aliphatic heterocycles. The molecule has 2 aromatic rings. The minimum atomic E-state index is -0.899. The lowest BCUT2D eigenvalue weighted by Crippen LogP contribution is -2.51. The molecule has 7 heteroatoms. The second-order valence-corrected chi connectivity index (χ2v) is 5.79. The smallest absolute Gasteiger partial charge is 0.146 e. The number of hydrogen-bond donors (Lipinski definition) is 1. The molecule has 0 radical (unpaired) electrons. The van der Waals surface area contributed by atoms with E-state index < -0.39 is 5.60 Å². The first-order valence-electron chi connectivity index (χ1n) is 7.28. The molecule has 1 unspecified atom stereocenters. The fourth-order valence-electron chi connectivity index (χ4n) is 2.96. The third kappa shape index (κ3) is 2.78. The van der Waals surface area contributed by atoms with Gasteiger partial charge < -0.3 is 10.0 Å². The number of nitrogens with zero attached hydrogens (tertiary/aromatic N) is 6. The number of aromatic nitrogens is 4. The SMILES string of the molecule is Cc1ccnc(N2CCCC(O)(Cn3ccnn3)C2)c1C#N. The van der Waals surface area contributed by atoms with Gasteiger partial charge in [0.15, 0.2) is 0 Å². The second kappa shape index (κ2) is 5.73. The van der Waals surface area contributed by atoms with Crippen molar-refractivity contribution < 1.29 is 5.11 Å². The largest absolute Gasteiger partial charge is 0.386 e. The van der Waals surface area contributed by atoms with Crippen LogP contribution in [-0.4, -0.2) is 43.8 Å². The van der Waals surface area contributed by atoms with Gasteiger partial charge in [0.1, 0.15) is 17.5 Å². The summed E-state index contributed by atoms with van der Waals surface area (Å²) in [5.41, 5.74) is 0.579. The van der Waals surface area contributed by atoms with Crippen LogP contribution in [0.3, 0.4) is 0 Å². The number of aryl methyl sites for hydroxylation is 1. The highest BCUT2D eigenvalue weighted by molar-refractivity contribution is 5.57. The average Bonchev–Trinajstić information content (AvgIpc) is 2.99. The molecule has 7 nitrogen and oxygen atoms in total. The van der Waals surface area contributed by atoms with Crippen LogP contribution in [0.25, 0.3) is 0 Å². The first-order valence-corrected chi connectivity index (χ1v) is 7.28. The van der Waals surface area contributed by atoms with Crippen LogP contribution in [-0.2, 0) is 6.54 Å². The molecule has 22 heavy (non-hydrogen) atoms. The normalized spacial score (nSPS) is 21.6. The number of piperidine rings is 1. The van der Waals surface area contributed by atoms with Crippen LogP contribution in [0.4, 0.5) is 5.82 Å². The van der Waals surface area contributed by atoms with Gasteiger partial charge in [-0.1, -0.05) is 5.21 Å². The minimum absolute atomic E-state index is 0.386. The zero-order valence-corrected chi connectivity index (χ0v) is 12.5. The summed E-state index contributed by atoms with van der Waals surface area (Å²) in [5.74, 6) is 0.652. The lowest BCUT2D eigenvalue weighted by Gasteiger charge is -2.40. The summed E-state index contributed by atoms with van der Waals surface area (Å²) in [6, 6.07) is 4.05. The highest BCUT2D eigenvalue weighted by atomic mass is 16.3. The fourth-order valence-corrected chi connectivity index (χ4v) is 2.96. The van der Waals surface area contributed by atoms with Gasteiger partial charge in [0, 0.05) is 25.5 Å². The number of hydrogen-bond acceptors (Lipinski definition) is 6. The minimum Gasteiger partial charge on any atom is -0.386 e. The topological polar surface area (TPSA) is 90.9 Å². The van der Waals surface area contributed by atoms with Gasteiger partial charge in [-0.15, -0.1) is 5.10 Å². The summed E-state index contributed by atoms with van der Waals surface area (Å²) in [6.07, 6.45) is 6.57. The Hall–Kier alpha value is -2.46. The van der Waals surface area contributed by atoms with E-state index in [1.165, 1.54) is 0 Å². The fraction of sp³-hybridized carbons (Fsp3) is 0.467. The molecule has 3 heterocycles. The van der Waals surface area contributed by atoms with Crippen LogP contribution in [0.1, 0.15) is 24.0 Å². The maximum Gasteiger partial charge on any atom is 0.146 e. The number of aliphatic hydroxyl groups is 1. The van der Waals surface area contributed by atoms with Crippen LogP contribution in [0.5, 0.6) is 0 Å². The molecular formula is C15H18N6O. The van der Waals surface area contributed by atoms with E-state index in [0.717, 1.165) is 18.5 Å². The highest BCUT2D eigenvalue weighted by Gasteiger charge is 2.35. The van der Waals surface area contributed by atoms with Gasteiger partial charge in [-0.3, -0.25) is 0 Å². The average molecular weight is 298 g/mol. The van der Waals surface area contributed by atoms with Crippen molar-refractivity contribution in [2.45, 2.75) is 31.9 Å².